The van der Waals surface area contributed by atoms with Gasteiger partial charge in [0.05, 0.1) is 11.8 Å². The van der Waals surface area contributed by atoms with Crippen LogP contribution in [0.3, 0.4) is 0 Å². The van der Waals surface area contributed by atoms with Crippen molar-refractivity contribution in [2.24, 2.45) is 5.92 Å². The van der Waals surface area contributed by atoms with Gasteiger partial charge in [-0.25, -0.2) is 4.98 Å². The minimum absolute atomic E-state index is 0.138. The minimum atomic E-state index is -0.138. The lowest BCUT2D eigenvalue weighted by atomic mass is 10.1. The van der Waals surface area contributed by atoms with Crippen molar-refractivity contribution in [3.63, 3.8) is 0 Å². The molecule has 1 fully saturated rings. The molecule has 3 N–H and O–H groups in total. The van der Waals surface area contributed by atoms with E-state index in [2.05, 4.69) is 19.9 Å². The molecule has 1 saturated heterocycles. The first kappa shape index (κ1) is 11.4. The van der Waals surface area contributed by atoms with Gasteiger partial charge in [-0.05, 0) is 18.9 Å². The first-order valence-corrected chi connectivity index (χ1v) is 6.15. The van der Waals surface area contributed by atoms with Gasteiger partial charge in [0.25, 0.3) is 5.56 Å². The summed E-state index contributed by atoms with van der Waals surface area (Å²) in [4.78, 5) is 23.6. The van der Waals surface area contributed by atoms with E-state index in [9.17, 15) is 4.79 Å². The molecule has 0 aliphatic carbocycles. The molecule has 0 aromatic carbocycles. The molecule has 0 amide bonds. The van der Waals surface area contributed by atoms with Gasteiger partial charge in [-0.3, -0.25) is 9.69 Å². The van der Waals surface area contributed by atoms with E-state index in [4.69, 9.17) is 5.11 Å². The Morgan fingerprint density at radius 1 is 1.50 bits per heavy atom. The molecule has 1 aliphatic heterocycles. The number of nitrogens with one attached hydrogen (secondary N) is 2. The van der Waals surface area contributed by atoms with Gasteiger partial charge in [0.2, 0.25) is 0 Å². The quantitative estimate of drug-likeness (QED) is 0.717. The Morgan fingerprint density at radius 2 is 2.39 bits per heavy atom. The fraction of sp³-hybridized carbons (Fsp3) is 0.500. The molecule has 0 radical (unpaired) electrons. The van der Waals surface area contributed by atoms with Crippen LogP contribution in [0.15, 0.2) is 17.3 Å². The zero-order valence-electron chi connectivity index (χ0n) is 10.0. The van der Waals surface area contributed by atoms with Gasteiger partial charge < -0.3 is 15.1 Å². The van der Waals surface area contributed by atoms with Crippen LogP contribution in [0.4, 0.5) is 0 Å². The number of nitrogens with zero attached hydrogens (tertiary/aromatic N) is 2. The van der Waals surface area contributed by atoms with Crippen molar-refractivity contribution in [2.45, 2.75) is 13.0 Å². The number of H-pyrrole nitrogens is 2. The molecular weight excluding hydrogens is 232 g/mol. The average Bonchev–Trinajstić information content (AvgIpc) is 2.98. The predicted octanol–water partition coefficient (Wildman–Crippen LogP) is 0.0654. The molecule has 96 valence electrons. The Bertz CT molecular complexity index is 603. The fourth-order valence-electron chi connectivity index (χ4n) is 2.57. The van der Waals surface area contributed by atoms with Crippen LogP contribution in [-0.2, 0) is 6.54 Å². The predicted molar refractivity (Wildman–Crippen MR) is 67.2 cm³/mol. The number of hydrogen-bond donors (Lipinski definition) is 3. The Balaban J connectivity index is 1.83. The summed E-state index contributed by atoms with van der Waals surface area (Å²) < 4.78 is 0. The third kappa shape index (κ3) is 1.93. The number of hydrogen-bond acceptors (Lipinski definition) is 4. The maximum absolute atomic E-state index is 11.6. The van der Waals surface area contributed by atoms with Crippen LogP contribution >= 0.6 is 0 Å². The molecule has 1 atom stereocenters. The van der Waals surface area contributed by atoms with E-state index in [0.29, 0.717) is 11.4 Å². The van der Waals surface area contributed by atoms with Gasteiger partial charge in [0, 0.05) is 31.5 Å². The van der Waals surface area contributed by atoms with Gasteiger partial charge in [-0.15, -0.1) is 0 Å². The lowest BCUT2D eigenvalue weighted by Gasteiger charge is -2.14. The van der Waals surface area contributed by atoms with Crippen molar-refractivity contribution in [2.75, 3.05) is 19.7 Å². The number of aromatic amines is 2. The van der Waals surface area contributed by atoms with Gasteiger partial charge in [0.15, 0.2) is 0 Å². The third-order valence-corrected chi connectivity index (χ3v) is 3.57. The summed E-state index contributed by atoms with van der Waals surface area (Å²) in [5.41, 5.74) is 2.17. The number of likely N-dealkylation sites (tertiary alicyclic amines) is 1. The summed E-state index contributed by atoms with van der Waals surface area (Å²) in [5.74, 6) is 0.381. The highest BCUT2D eigenvalue weighted by Gasteiger charge is 2.22. The first-order valence-electron chi connectivity index (χ1n) is 6.15. The number of aromatic nitrogens is 3. The van der Waals surface area contributed by atoms with Crippen LogP contribution in [0, 0.1) is 5.92 Å². The summed E-state index contributed by atoms with van der Waals surface area (Å²) in [6.07, 6.45) is 4.31. The molecule has 2 aromatic rings. The van der Waals surface area contributed by atoms with Gasteiger partial charge >= 0.3 is 0 Å². The smallest absolute Gasteiger partial charge is 0.275 e. The van der Waals surface area contributed by atoms with Crippen molar-refractivity contribution >= 4 is 11.0 Å². The van der Waals surface area contributed by atoms with E-state index in [0.717, 1.165) is 37.1 Å². The normalized spacial score (nSPS) is 20.8. The Morgan fingerprint density at radius 3 is 3.17 bits per heavy atom. The van der Waals surface area contributed by atoms with E-state index in [-0.39, 0.29) is 12.2 Å². The molecule has 0 bridgehead atoms. The van der Waals surface area contributed by atoms with Crippen molar-refractivity contribution < 1.29 is 5.11 Å². The van der Waals surface area contributed by atoms with Crippen molar-refractivity contribution in [3.05, 3.63) is 28.4 Å². The van der Waals surface area contributed by atoms with E-state index >= 15 is 0 Å². The molecular formula is C12H16N4O2. The van der Waals surface area contributed by atoms with Crippen molar-refractivity contribution in [1.82, 2.24) is 19.9 Å². The maximum atomic E-state index is 11.6. The van der Waals surface area contributed by atoms with Crippen LogP contribution < -0.4 is 5.56 Å². The largest absolute Gasteiger partial charge is 0.396 e. The Hall–Kier alpha value is -1.66. The zero-order chi connectivity index (χ0) is 12.5. The highest BCUT2D eigenvalue weighted by atomic mass is 16.3. The van der Waals surface area contributed by atoms with Gasteiger partial charge in [0.1, 0.15) is 5.52 Å². The van der Waals surface area contributed by atoms with E-state index < -0.39 is 0 Å². The number of rotatable bonds is 3. The van der Waals surface area contributed by atoms with Crippen molar-refractivity contribution in [3.8, 4) is 0 Å². The molecule has 1 aliphatic rings. The van der Waals surface area contributed by atoms with Crippen LogP contribution in [0.25, 0.3) is 11.0 Å². The first-order chi connectivity index (χ1) is 8.78. The van der Waals surface area contributed by atoms with Crippen LogP contribution in [-0.4, -0.2) is 44.7 Å². The second-order valence-corrected chi connectivity index (χ2v) is 4.84. The summed E-state index contributed by atoms with van der Waals surface area (Å²) >= 11 is 0. The van der Waals surface area contributed by atoms with Crippen molar-refractivity contribution in [1.29, 1.82) is 0 Å². The third-order valence-electron chi connectivity index (χ3n) is 3.57. The molecule has 0 spiro atoms. The lowest BCUT2D eigenvalue weighted by molar-refractivity contribution is 0.220. The zero-order valence-corrected chi connectivity index (χ0v) is 10.0. The van der Waals surface area contributed by atoms with E-state index in [1.807, 2.05) is 6.20 Å². The molecule has 3 heterocycles. The Kier molecular flexibility index (Phi) is 2.89. The molecule has 0 saturated carbocycles. The lowest BCUT2D eigenvalue weighted by Crippen LogP contribution is -2.21. The fourth-order valence-corrected chi connectivity index (χ4v) is 2.57. The van der Waals surface area contributed by atoms with E-state index in [1.165, 1.54) is 6.33 Å². The van der Waals surface area contributed by atoms with Gasteiger partial charge in [-0.1, -0.05) is 0 Å². The second-order valence-electron chi connectivity index (χ2n) is 4.84. The second kappa shape index (κ2) is 4.55. The molecule has 0 unspecified atom stereocenters. The summed E-state index contributed by atoms with van der Waals surface area (Å²) in [6.45, 7) is 2.92. The monoisotopic (exact) mass is 248 g/mol. The molecule has 18 heavy (non-hydrogen) atoms. The number of fused-ring (bicyclic) bond motifs is 1. The van der Waals surface area contributed by atoms with E-state index in [1.54, 1.807) is 0 Å². The highest BCUT2D eigenvalue weighted by Crippen LogP contribution is 2.20. The Labute approximate surface area is 104 Å². The molecule has 6 nitrogen and oxygen atoms in total. The van der Waals surface area contributed by atoms with Crippen LogP contribution in [0.5, 0.6) is 0 Å². The molecule has 3 rings (SSSR count). The van der Waals surface area contributed by atoms with Crippen LogP contribution in [0.2, 0.25) is 0 Å². The van der Waals surface area contributed by atoms with Gasteiger partial charge in [-0.2, -0.15) is 0 Å². The van der Waals surface area contributed by atoms with Crippen LogP contribution in [0.1, 0.15) is 12.0 Å². The summed E-state index contributed by atoms with van der Waals surface area (Å²) in [7, 11) is 0. The average molecular weight is 248 g/mol. The number of aliphatic hydroxyl groups is 1. The summed E-state index contributed by atoms with van der Waals surface area (Å²) in [5, 5.41) is 9.13. The highest BCUT2D eigenvalue weighted by molar-refractivity contribution is 5.77. The summed E-state index contributed by atoms with van der Waals surface area (Å²) in [6, 6.07) is 0. The topological polar surface area (TPSA) is 85.0 Å². The maximum Gasteiger partial charge on any atom is 0.275 e. The molecule has 6 heteroatoms. The molecule has 2 aromatic heterocycles. The minimum Gasteiger partial charge on any atom is -0.396 e. The standard InChI is InChI=1S/C12H16N4O2/c17-6-8-1-2-16(4-8)5-9-3-13-11-10(9)14-7-15-12(11)18/h3,7-8,13,17H,1-2,4-6H2,(H,14,15,18)/t8-/m1/s1. The SMILES string of the molecule is O=c1[nH]cnc2c(CN3CC[C@@H](CO)C3)c[nH]c12. The number of aliphatic hydroxyl groups excluding tert-OH is 1.